The van der Waals surface area contributed by atoms with Gasteiger partial charge in [-0.1, -0.05) is 12.1 Å². The third kappa shape index (κ3) is 2.29. The second-order valence-electron chi connectivity index (χ2n) is 3.79. The van der Waals surface area contributed by atoms with Gasteiger partial charge in [-0.2, -0.15) is 0 Å². The molecule has 0 radical (unpaired) electrons. The maximum absolute atomic E-state index is 13.6. The minimum absolute atomic E-state index is 0.222. The quantitative estimate of drug-likeness (QED) is 0.881. The fourth-order valence-corrected chi connectivity index (χ4v) is 1.56. The van der Waals surface area contributed by atoms with Crippen molar-refractivity contribution in [3.8, 4) is 0 Å². The Morgan fingerprint density at radius 3 is 2.61 bits per heavy atom. The molecule has 0 aliphatic carbocycles. The summed E-state index contributed by atoms with van der Waals surface area (Å²) in [6, 6.07) is 9.17. The molecule has 0 atom stereocenters. The summed E-state index contributed by atoms with van der Waals surface area (Å²) in [5.41, 5.74) is 6.02. The number of nitrogen functional groups attached to an aromatic ring is 1. The Hall–Kier alpha value is -2.43. The normalized spacial score (nSPS) is 10.1. The van der Waals surface area contributed by atoms with Crippen molar-refractivity contribution in [2.24, 2.45) is 0 Å². The SMILES string of the molecule is CN(C(=O)c1ccc(N)nc1)c1ccccc1F. The molecule has 92 valence electrons. The zero-order valence-corrected chi connectivity index (χ0v) is 9.80. The van der Waals surface area contributed by atoms with Gasteiger partial charge >= 0.3 is 0 Å². The number of rotatable bonds is 2. The van der Waals surface area contributed by atoms with Crippen LogP contribution in [0.25, 0.3) is 0 Å². The molecule has 0 saturated heterocycles. The number of halogens is 1. The van der Waals surface area contributed by atoms with Gasteiger partial charge in [0.05, 0.1) is 11.3 Å². The first-order chi connectivity index (χ1) is 8.59. The lowest BCUT2D eigenvalue weighted by Crippen LogP contribution is -2.27. The number of amides is 1. The summed E-state index contributed by atoms with van der Waals surface area (Å²) in [5.74, 6) is -0.454. The van der Waals surface area contributed by atoms with Gasteiger partial charge in [-0.05, 0) is 24.3 Å². The Labute approximate surface area is 104 Å². The summed E-state index contributed by atoms with van der Waals surface area (Å²) in [6.07, 6.45) is 1.37. The van der Waals surface area contributed by atoms with E-state index in [1.807, 2.05) is 0 Å². The van der Waals surface area contributed by atoms with Crippen LogP contribution in [0.1, 0.15) is 10.4 Å². The molecule has 18 heavy (non-hydrogen) atoms. The molecule has 2 rings (SSSR count). The summed E-state index contributed by atoms with van der Waals surface area (Å²) >= 11 is 0. The molecule has 2 N–H and O–H groups in total. The zero-order valence-electron chi connectivity index (χ0n) is 9.80. The van der Waals surface area contributed by atoms with Crippen LogP contribution in [0.3, 0.4) is 0 Å². The fraction of sp³-hybridized carbons (Fsp3) is 0.0769. The third-order valence-electron chi connectivity index (χ3n) is 2.55. The van der Waals surface area contributed by atoms with Crippen molar-refractivity contribution < 1.29 is 9.18 Å². The number of hydrogen-bond acceptors (Lipinski definition) is 3. The molecule has 4 nitrogen and oxygen atoms in total. The Morgan fingerprint density at radius 1 is 1.28 bits per heavy atom. The van der Waals surface area contributed by atoms with Gasteiger partial charge < -0.3 is 10.6 Å². The summed E-state index contributed by atoms with van der Waals surface area (Å²) in [7, 11) is 1.51. The number of nitrogens with two attached hydrogens (primary N) is 1. The number of carbonyl (C=O) groups excluding carboxylic acids is 1. The first-order valence-corrected chi connectivity index (χ1v) is 5.33. The molecule has 0 saturated carbocycles. The van der Waals surface area contributed by atoms with E-state index in [4.69, 9.17) is 5.73 Å². The van der Waals surface area contributed by atoms with Crippen LogP contribution in [-0.2, 0) is 0 Å². The predicted molar refractivity (Wildman–Crippen MR) is 67.8 cm³/mol. The van der Waals surface area contributed by atoms with Crippen molar-refractivity contribution in [3.63, 3.8) is 0 Å². The first-order valence-electron chi connectivity index (χ1n) is 5.33. The van der Waals surface area contributed by atoms with Gasteiger partial charge in [0, 0.05) is 13.2 Å². The summed E-state index contributed by atoms with van der Waals surface area (Å²) in [6.45, 7) is 0. The molecule has 0 aliphatic rings. The fourth-order valence-electron chi connectivity index (χ4n) is 1.56. The highest BCUT2D eigenvalue weighted by molar-refractivity contribution is 6.05. The molecular formula is C13H12FN3O. The maximum atomic E-state index is 13.6. The van der Waals surface area contributed by atoms with Gasteiger partial charge in [0.2, 0.25) is 0 Å². The molecule has 2 aromatic rings. The van der Waals surface area contributed by atoms with E-state index in [9.17, 15) is 9.18 Å². The number of carbonyl (C=O) groups is 1. The standard InChI is InChI=1S/C13H12FN3O/c1-17(11-5-3-2-4-10(11)14)13(18)9-6-7-12(15)16-8-9/h2-8H,1H3,(H2,15,16). The summed E-state index contributed by atoms with van der Waals surface area (Å²) in [4.78, 5) is 17.2. The Balaban J connectivity index is 2.29. The molecule has 1 heterocycles. The van der Waals surface area contributed by atoms with Crippen LogP contribution in [-0.4, -0.2) is 17.9 Å². The van der Waals surface area contributed by atoms with Crippen LogP contribution in [0.15, 0.2) is 42.6 Å². The topological polar surface area (TPSA) is 59.2 Å². The van der Waals surface area contributed by atoms with Gasteiger partial charge in [-0.3, -0.25) is 4.79 Å². The van der Waals surface area contributed by atoms with Crippen LogP contribution in [0.5, 0.6) is 0 Å². The van der Waals surface area contributed by atoms with Crippen molar-refractivity contribution in [1.29, 1.82) is 0 Å². The molecule has 0 bridgehead atoms. The highest BCUT2D eigenvalue weighted by atomic mass is 19.1. The number of para-hydroxylation sites is 1. The van der Waals surface area contributed by atoms with E-state index >= 15 is 0 Å². The highest BCUT2D eigenvalue weighted by Crippen LogP contribution is 2.19. The highest BCUT2D eigenvalue weighted by Gasteiger charge is 2.16. The second kappa shape index (κ2) is 4.83. The molecule has 0 unspecified atom stereocenters. The van der Waals surface area contributed by atoms with Gasteiger partial charge in [0.25, 0.3) is 5.91 Å². The van der Waals surface area contributed by atoms with E-state index < -0.39 is 5.82 Å². The van der Waals surface area contributed by atoms with Crippen molar-refractivity contribution >= 4 is 17.4 Å². The summed E-state index contributed by atoms with van der Waals surface area (Å²) < 4.78 is 13.6. The van der Waals surface area contributed by atoms with Gasteiger partial charge in [-0.15, -0.1) is 0 Å². The van der Waals surface area contributed by atoms with Crippen LogP contribution in [0, 0.1) is 5.82 Å². The Kier molecular flexibility index (Phi) is 3.23. The molecule has 1 aromatic carbocycles. The lowest BCUT2D eigenvalue weighted by Gasteiger charge is -2.17. The molecule has 0 aliphatic heterocycles. The first kappa shape index (κ1) is 12.0. The lowest BCUT2D eigenvalue weighted by molar-refractivity contribution is 0.0992. The van der Waals surface area contributed by atoms with Crippen LogP contribution in [0.4, 0.5) is 15.9 Å². The smallest absolute Gasteiger partial charge is 0.259 e. The summed E-state index contributed by atoms with van der Waals surface area (Å²) in [5, 5.41) is 0. The third-order valence-corrected chi connectivity index (χ3v) is 2.55. The van der Waals surface area contributed by atoms with Crippen molar-refractivity contribution in [3.05, 3.63) is 54.0 Å². The van der Waals surface area contributed by atoms with Gasteiger partial charge in [0.1, 0.15) is 11.6 Å². The molecule has 1 aromatic heterocycles. The van der Waals surface area contributed by atoms with Gasteiger partial charge in [0.15, 0.2) is 0 Å². The van der Waals surface area contributed by atoms with Crippen LogP contribution in [0.2, 0.25) is 0 Å². The maximum Gasteiger partial charge on any atom is 0.259 e. The molecule has 0 spiro atoms. The number of nitrogens with zero attached hydrogens (tertiary/aromatic N) is 2. The minimum atomic E-state index is -0.447. The predicted octanol–water partition coefficient (Wildman–Crippen LogP) is 2.08. The average Bonchev–Trinajstić information content (AvgIpc) is 2.38. The number of hydrogen-bond donors (Lipinski definition) is 1. The molecule has 1 amide bonds. The molecular weight excluding hydrogens is 233 g/mol. The van der Waals surface area contributed by atoms with E-state index in [1.54, 1.807) is 18.2 Å². The van der Waals surface area contributed by atoms with E-state index in [0.29, 0.717) is 11.4 Å². The Bertz CT molecular complexity index is 569. The largest absolute Gasteiger partial charge is 0.384 e. The molecule has 0 fully saturated rings. The second-order valence-corrected chi connectivity index (χ2v) is 3.79. The lowest BCUT2D eigenvalue weighted by atomic mass is 10.2. The zero-order chi connectivity index (χ0) is 13.1. The van der Waals surface area contributed by atoms with E-state index in [1.165, 1.54) is 36.3 Å². The monoisotopic (exact) mass is 245 g/mol. The average molecular weight is 245 g/mol. The van der Waals surface area contributed by atoms with Crippen molar-refractivity contribution in [1.82, 2.24) is 4.98 Å². The number of pyridine rings is 1. The van der Waals surface area contributed by atoms with E-state index in [2.05, 4.69) is 4.98 Å². The van der Waals surface area contributed by atoms with Crippen molar-refractivity contribution in [2.75, 3.05) is 17.7 Å². The number of benzene rings is 1. The van der Waals surface area contributed by atoms with Gasteiger partial charge in [-0.25, -0.2) is 9.37 Å². The van der Waals surface area contributed by atoms with Crippen LogP contribution < -0.4 is 10.6 Å². The molecule has 5 heteroatoms. The minimum Gasteiger partial charge on any atom is -0.384 e. The van der Waals surface area contributed by atoms with Crippen LogP contribution >= 0.6 is 0 Å². The van der Waals surface area contributed by atoms with E-state index in [0.717, 1.165) is 0 Å². The number of aromatic nitrogens is 1. The van der Waals surface area contributed by atoms with Crippen molar-refractivity contribution in [2.45, 2.75) is 0 Å². The number of anilines is 2. The Morgan fingerprint density at radius 2 is 2.00 bits per heavy atom. The van der Waals surface area contributed by atoms with E-state index in [-0.39, 0.29) is 11.6 Å².